The van der Waals surface area contributed by atoms with Gasteiger partial charge in [-0.15, -0.1) is 0 Å². The highest BCUT2D eigenvalue weighted by Gasteiger charge is 2.35. The maximum Gasteiger partial charge on any atom is 0.326 e. The van der Waals surface area contributed by atoms with Crippen LogP contribution < -0.4 is 76.9 Å². The number of nitrogens with zero attached hydrogens (tertiary/aromatic N) is 2. The fourth-order valence-corrected chi connectivity index (χ4v) is 7.23. The van der Waals surface area contributed by atoms with Gasteiger partial charge in [0.05, 0.1) is 25.5 Å². The molecule has 0 aliphatic carbocycles. The van der Waals surface area contributed by atoms with Crippen molar-refractivity contribution in [1.29, 1.82) is 0 Å². The van der Waals surface area contributed by atoms with Gasteiger partial charge < -0.3 is 92.1 Å². The van der Waals surface area contributed by atoms with E-state index in [1.807, 2.05) is 0 Å². The molecule has 23 N–H and O–H groups in total. The van der Waals surface area contributed by atoms with E-state index in [0.29, 0.717) is 30.5 Å². The third-order valence-corrected chi connectivity index (χ3v) is 11.3. The molecular formula is C46H75N17O12. The normalized spacial score (nSPS) is 14.1. The summed E-state index contributed by atoms with van der Waals surface area (Å²) in [4.78, 5) is 144. The Morgan fingerprint density at radius 3 is 1.63 bits per heavy atom. The van der Waals surface area contributed by atoms with E-state index < -0.39 is 133 Å². The van der Waals surface area contributed by atoms with Crippen molar-refractivity contribution in [2.45, 2.75) is 132 Å². The third kappa shape index (κ3) is 25.2. The second-order valence-electron chi connectivity index (χ2n) is 17.5. The predicted molar refractivity (Wildman–Crippen MR) is 271 cm³/mol. The number of amides is 9. The van der Waals surface area contributed by atoms with E-state index in [9.17, 15) is 58.2 Å². The molecule has 0 aliphatic heterocycles. The van der Waals surface area contributed by atoms with Crippen LogP contribution in [0.4, 0.5) is 0 Å². The number of aromatic nitrogens is 2. The number of aromatic amines is 1. The molecule has 0 bridgehead atoms. The molecule has 29 heteroatoms. The SMILES string of the molecule is C[C@@H](O)[C@H](NC(=O)[C@H](CCCCN)NC(=O)[C@H](Cc1cnc[nH]1)NC(=O)[C@H](CCC(N)=O)NC(=O)[C@H](CCCN=C(N)N)NC(=O)[C@H](Cc1ccccc1)NC(=O)CNC(=O)CN)C(=O)N[C@@H](CCCCN)C(=O)O. The minimum absolute atomic E-state index is 0.00190. The van der Waals surface area contributed by atoms with Crippen molar-refractivity contribution in [2.24, 2.45) is 39.4 Å². The molecule has 2 aromatic rings. The molecule has 0 saturated carbocycles. The van der Waals surface area contributed by atoms with Crippen LogP contribution in [0.15, 0.2) is 47.8 Å². The van der Waals surface area contributed by atoms with Crippen molar-refractivity contribution < 1.29 is 58.2 Å². The zero-order chi connectivity index (χ0) is 55.9. The number of unbranched alkanes of at least 4 members (excludes halogenated alkanes) is 2. The van der Waals surface area contributed by atoms with Gasteiger partial charge in [0.25, 0.3) is 0 Å². The lowest BCUT2D eigenvalue weighted by Gasteiger charge is -2.28. The first-order chi connectivity index (χ1) is 35.7. The second-order valence-corrected chi connectivity index (χ2v) is 17.5. The largest absolute Gasteiger partial charge is 0.480 e. The number of H-pyrrole nitrogens is 1. The molecule has 0 aliphatic rings. The molecule has 9 amide bonds. The number of nitrogens with two attached hydrogens (primary N) is 6. The van der Waals surface area contributed by atoms with E-state index >= 15 is 0 Å². The van der Waals surface area contributed by atoms with Crippen LogP contribution in [0.25, 0.3) is 0 Å². The van der Waals surface area contributed by atoms with Crippen LogP contribution in [0.3, 0.4) is 0 Å². The van der Waals surface area contributed by atoms with Gasteiger partial charge in [0.2, 0.25) is 53.2 Å². The van der Waals surface area contributed by atoms with E-state index in [-0.39, 0.29) is 70.5 Å². The highest BCUT2D eigenvalue weighted by Crippen LogP contribution is 2.11. The molecule has 0 radical (unpaired) electrons. The second kappa shape index (κ2) is 34.6. The molecule has 1 heterocycles. The molecule has 75 heavy (non-hydrogen) atoms. The number of primary amides is 1. The monoisotopic (exact) mass is 1060 g/mol. The van der Waals surface area contributed by atoms with Crippen LogP contribution in [-0.2, 0) is 60.8 Å². The van der Waals surface area contributed by atoms with Gasteiger partial charge in [-0.1, -0.05) is 30.3 Å². The fourth-order valence-electron chi connectivity index (χ4n) is 7.23. The smallest absolute Gasteiger partial charge is 0.326 e. The van der Waals surface area contributed by atoms with E-state index in [2.05, 4.69) is 57.5 Å². The Hall–Kier alpha value is -7.76. The number of guanidine groups is 1. The van der Waals surface area contributed by atoms with Crippen LogP contribution >= 0.6 is 0 Å². The predicted octanol–water partition coefficient (Wildman–Crippen LogP) is -6.29. The Morgan fingerprint density at radius 2 is 1.12 bits per heavy atom. The number of carboxylic acid groups (broad SMARTS) is 1. The Labute approximate surface area is 433 Å². The lowest BCUT2D eigenvalue weighted by molar-refractivity contribution is -0.143. The highest BCUT2D eigenvalue weighted by atomic mass is 16.4. The number of benzene rings is 1. The number of nitrogens with one attached hydrogen (secondary N) is 9. The molecular weight excluding hydrogens is 983 g/mol. The Morgan fingerprint density at radius 1 is 0.613 bits per heavy atom. The van der Waals surface area contributed by atoms with E-state index in [4.69, 9.17) is 34.4 Å². The molecule has 0 spiro atoms. The van der Waals surface area contributed by atoms with Gasteiger partial charge in [-0.05, 0) is 83.4 Å². The van der Waals surface area contributed by atoms with Gasteiger partial charge in [0, 0.05) is 37.7 Å². The Bertz CT molecular complexity index is 2200. The van der Waals surface area contributed by atoms with Crippen molar-refractivity contribution in [3.8, 4) is 0 Å². The molecule has 1 aromatic carbocycles. The van der Waals surface area contributed by atoms with Crippen molar-refractivity contribution in [2.75, 3.05) is 32.7 Å². The Balaban J connectivity index is 2.49. The van der Waals surface area contributed by atoms with Crippen molar-refractivity contribution in [1.82, 2.24) is 52.5 Å². The number of aliphatic imine (C=N–C) groups is 1. The summed E-state index contributed by atoms with van der Waals surface area (Å²) in [6, 6.07) is -1.83. The number of carbonyl (C=O) groups is 10. The van der Waals surface area contributed by atoms with Gasteiger partial charge >= 0.3 is 5.97 Å². The van der Waals surface area contributed by atoms with Crippen LogP contribution in [0, 0.1) is 0 Å². The number of aliphatic hydroxyl groups excluding tert-OH is 1. The maximum atomic E-state index is 14.3. The van der Waals surface area contributed by atoms with Gasteiger partial charge in [0.1, 0.15) is 42.3 Å². The maximum absolute atomic E-state index is 14.3. The van der Waals surface area contributed by atoms with Crippen LogP contribution in [0.5, 0.6) is 0 Å². The van der Waals surface area contributed by atoms with E-state index in [0.717, 1.165) is 0 Å². The van der Waals surface area contributed by atoms with E-state index in [1.165, 1.54) is 19.4 Å². The van der Waals surface area contributed by atoms with Crippen molar-refractivity contribution in [3.63, 3.8) is 0 Å². The summed E-state index contributed by atoms with van der Waals surface area (Å²) in [7, 11) is 0. The summed E-state index contributed by atoms with van der Waals surface area (Å²) < 4.78 is 0. The van der Waals surface area contributed by atoms with Gasteiger partial charge in [-0.3, -0.25) is 48.1 Å². The third-order valence-electron chi connectivity index (χ3n) is 11.3. The topological polar surface area (TPSA) is 505 Å². The minimum atomic E-state index is -1.68. The molecule has 0 unspecified atom stereocenters. The number of rotatable bonds is 37. The fraction of sp³-hybridized carbons (Fsp3) is 0.565. The molecule has 416 valence electrons. The first-order valence-corrected chi connectivity index (χ1v) is 24.4. The number of hydrogen-bond donors (Lipinski definition) is 17. The molecule has 2 rings (SSSR count). The lowest BCUT2D eigenvalue weighted by atomic mass is 10.0. The quantitative estimate of drug-likeness (QED) is 0.0170. The summed E-state index contributed by atoms with van der Waals surface area (Å²) in [5.41, 5.74) is 33.9. The number of hydrogen-bond acceptors (Lipinski definition) is 16. The zero-order valence-electron chi connectivity index (χ0n) is 42.0. The number of carbonyl (C=O) groups excluding carboxylic acids is 9. The molecule has 8 atom stereocenters. The van der Waals surface area contributed by atoms with Crippen LogP contribution in [-0.4, -0.2) is 166 Å². The highest BCUT2D eigenvalue weighted by molar-refractivity contribution is 5.98. The zero-order valence-corrected chi connectivity index (χ0v) is 42.0. The molecule has 0 saturated heterocycles. The first kappa shape index (κ1) is 63.4. The van der Waals surface area contributed by atoms with Crippen LogP contribution in [0.2, 0.25) is 0 Å². The Kier molecular flexibility index (Phi) is 29.2. The number of carboxylic acids is 1. The summed E-state index contributed by atoms with van der Waals surface area (Å²) in [5.74, 6) is -9.58. The standard InChI is InChI=1S/C46H75N17O12/c1-26(64)38(44(73)61-32(45(74)75)13-6-8-18-48)63-41(70)29(12-5-7-17-47)58-43(72)34(21-28-23-53-25-56-28)62-40(69)31(15-16-35(50)65)60-39(68)30(14-9-19-54-46(51)52)59-42(71)33(20-27-10-3-2-4-11-27)57-37(67)24-55-36(66)22-49/h2-4,10-11,23,25-26,29-34,38,64H,5-9,12-22,24,47-49H2,1H3,(H2,50,65)(H,53,56)(H,55,66)(H,57,67)(H,58,72)(H,59,71)(H,60,68)(H,61,73)(H,62,69)(H,63,70)(H,74,75)(H4,51,52,54)/t26-,29+,30+,31+,32+,33+,34+,38+/m1/s1. The van der Waals surface area contributed by atoms with Gasteiger partial charge in [-0.2, -0.15) is 0 Å². The van der Waals surface area contributed by atoms with Gasteiger partial charge in [-0.25, -0.2) is 9.78 Å². The molecule has 0 fully saturated rings. The van der Waals surface area contributed by atoms with Crippen LogP contribution in [0.1, 0.15) is 82.4 Å². The van der Waals surface area contributed by atoms with Gasteiger partial charge in [0.15, 0.2) is 5.96 Å². The average Bonchev–Trinajstić information content (AvgIpc) is 3.89. The molecule has 1 aromatic heterocycles. The summed E-state index contributed by atoms with van der Waals surface area (Å²) >= 11 is 0. The number of aliphatic hydroxyl groups is 1. The lowest BCUT2D eigenvalue weighted by Crippen LogP contribution is -2.61. The van der Waals surface area contributed by atoms with E-state index in [1.54, 1.807) is 30.3 Å². The minimum Gasteiger partial charge on any atom is -0.480 e. The van der Waals surface area contributed by atoms with Crippen molar-refractivity contribution >= 4 is 65.1 Å². The number of imidazole rings is 1. The van der Waals surface area contributed by atoms with Crippen molar-refractivity contribution in [3.05, 3.63) is 54.1 Å². The summed E-state index contributed by atoms with van der Waals surface area (Å²) in [5, 5.41) is 40.2. The molecule has 29 nitrogen and oxygen atoms in total. The average molecular weight is 1060 g/mol. The first-order valence-electron chi connectivity index (χ1n) is 24.4. The summed E-state index contributed by atoms with van der Waals surface area (Å²) in [6.45, 7) is 0.778. The number of aliphatic carboxylic acids is 1. The summed E-state index contributed by atoms with van der Waals surface area (Å²) in [6.07, 6.45) is 1.34.